The van der Waals surface area contributed by atoms with Gasteiger partial charge in [0.15, 0.2) is 0 Å². The quantitative estimate of drug-likeness (QED) is 0.846. The molecular formula is C13H12Br2N2O. The number of aryl methyl sites for hydroxylation is 2. The first kappa shape index (κ1) is 13.4. The summed E-state index contributed by atoms with van der Waals surface area (Å²) in [6.07, 6.45) is 1.85. The van der Waals surface area contributed by atoms with E-state index in [4.69, 9.17) is 0 Å². The van der Waals surface area contributed by atoms with Gasteiger partial charge in [-0.25, -0.2) is 0 Å². The molecule has 2 aromatic rings. The third-order valence-corrected chi connectivity index (χ3v) is 3.67. The second-order valence-electron chi connectivity index (χ2n) is 4.09. The third kappa shape index (κ3) is 2.84. The molecule has 0 fully saturated rings. The van der Waals surface area contributed by atoms with E-state index in [1.807, 2.05) is 38.4 Å². The van der Waals surface area contributed by atoms with Gasteiger partial charge in [-0.1, -0.05) is 6.07 Å². The van der Waals surface area contributed by atoms with Crippen LogP contribution in [0, 0.1) is 6.92 Å². The van der Waals surface area contributed by atoms with Crippen molar-refractivity contribution in [1.29, 1.82) is 0 Å². The molecule has 0 bridgehead atoms. The summed E-state index contributed by atoms with van der Waals surface area (Å²) < 4.78 is 3.55. The van der Waals surface area contributed by atoms with Gasteiger partial charge in [-0.3, -0.25) is 4.79 Å². The zero-order chi connectivity index (χ0) is 13.3. The van der Waals surface area contributed by atoms with Crippen LogP contribution < -0.4 is 5.32 Å². The zero-order valence-corrected chi connectivity index (χ0v) is 13.2. The molecule has 3 nitrogen and oxygen atoms in total. The molecule has 1 heterocycles. The SMILES string of the molecule is Cc1ccc(NC(=O)c2cc(Br)cn2C)c(Br)c1. The van der Waals surface area contributed by atoms with E-state index in [1.165, 1.54) is 0 Å². The molecule has 2 rings (SSSR count). The maximum Gasteiger partial charge on any atom is 0.272 e. The normalized spacial score (nSPS) is 10.4. The third-order valence-electron chi connectivity index (χ3n) is 2.58. The lowest BCUT2D eigenvalue weighted by Gasteiger charge is -2.08. The number of anilines is 1. The maximum absolute atomic E-state index is 12.1. The van der Waals surface area contributed by atoms with Gasteiger partial charge in [-0.15, -0.1) is 0 Å². The Labute approximate surface area is 122 Å². The monoisotopic (exact) mass is 370 g/mol. The highest BCUT2D eigenvalue weighted by Crippen LogP contribution is 2.24. The number of benzene rings is 1. The highest BCUT2D eigenvalue weighted by Gasteiger charge is 2.12. The average Bonchev–Trinajstić information content (AvgIpc) is 2.62. The lowest BCUT2D eigenvalue weighted by molar-refractivity contribution is 0.101. The van der Waals surface area contributed by atoms with Gasteiger partial charge in [-0.05, 0) is 62.5 Å². The van der Waals surface area contributed by atoms with Gasteiger partial charge in [0, 0.05) is 22.2 Å². The van der Waals surface area contributed by atoms with E-state index in [0.29, 0.717) is 5.69 Å². The summed E-state index contributed by atoms with van der Waals surface area (Å²) >= 11 is 6.79. The fourth-order valence-electron chi connectivity index (χ4n) is 1.66. The minimum Gasteiger partial charge on any atom is -0.345 e. The summed E-state index contributed by atoms with van der Waals surface area (Å²) in [7, 11) is 1.84. The van der Waals surface area contributed by atoms with Crippen LogP contribution >= 0.6 is 31.9 Å². The molecular weight excluding hydrogens is 360 g/mol. The van der Waals surface area contributed by atoms with Crippen LogP contribution in [-0.4, -0.2) is 10.5 Å². The van der Waals surface area contributed by atoms with E-state index in [-0.39, 0.29) is 5.91 Å². The number of amides is 1. The van der Waals surface area contributed by atoms with E-state index < -0.39 is 0 Å². The molecule has 0 spiro atoms. The maximum atomic E-state index is 12.1. The Bertz CT molecular complexity index is 605. The van der Waals surface area contributed by atoms with Crippen molar-refractivity contribution >= 4 is 43.5 Å². The predicted molar refractivity (Wildman–Crippen MR) is 79.9 cm³/mol. The van der Waals surface area contributed by atoms with E-state index in [9.17, 15) is 4.79 Å². The number of carbonyl (C=O) groups excluding carboxylic acids is 1. The molecule has 1 aromatic heterocycles. The van der Waals surface area contributed by atoms with Crippen molar-refractivity contribution < 1.29 is 4.79 Å². The van der Waals surface area contributed by atoms with Gasteiger partial charge < -0.3 is 9.88 Å². The molecule has 1 N–H and O–H groups in total. The van der Waals surface area contributed by atoms with Crippen molar-refractivity contribution in [3.05, 3.63) is 50.7 Å². The van der Waals surface area contributed by atoms with Crippen LogP contribution in [0.25, 0.3) is 0 Å². The molecule has 5 heteroatoms. The summed E-state index contributed by atoms with van der Waals surface area (Å²) in [5, 5.41) is 2.88. The summed E-state index contributed by atoms with van der Waals surface area (Å²) in [5.74, 6) is -0.132. The van der Waals surface area contributed by atoms with Crippen LogP contribution in [0.4, 0.5) is 5.69 Å². The van der Waals surface area contributed by atoms with Crippen molar-refractivity contribution in [2.75, 3.05) is 5.32 Å². The number of carbonyl (C=O) groups is 1. The van der Waals surface area contributed by atoms with Crippen molar-refractivity contribution in [2.45, 2.75) is 6.92 Å². The van der Waals surface area contributed by atoms with Gasteiger partial charge >= 0.3 is 0 Å². The predicted octanol–water partition coefficient (Wildman–Crippen LogP) is 4.11. The number of hydrogen-bond acceptors (Lipinski definition) is 1. The second kappa shape index (κ2) is 5.28. The highest BCUT2D eigenvalue weighted by molar-refractivity contribution is 9.10. The number of nitrogens with zero attached hydrogens (tertiary/aromatic N) is 1. The van der Waals surface area contributed by atoms with E-state index in [2.05, 4.69) is 37.2 Å². The summed E-state index contributed by atoms with van der Waals surface area (Å²) in [6, 6.07) is 7.60. The lowest BCUT2D eigenvalue weighted by atomic mass is 10.2. The Morgan fingerprint density at radius 1 is 1.28 bits per heavy atom. The Morgan fingerprint density at radius 2 is 2.00 bits per heavy atom. The fourth-order valence-corrected chi connectivity index (χ4v) is 2.77. The molecule has 1 amide bonds. The summed E-state index contributed by atoms with van der Waals surface area (Å²) in [6.45, 7) is 2.00. The minimum atomic E-state index is -0.132. The van der Waals surface area contributed by atoms with Crippen LogP contribution in [0.1, 0.15) is 16.1 Å². The largest absolute Gasteiger partial charge is 0.345 e. The number of aromatic nitrogens is 1. The average molecular weight is 372 g/mol. The standard InChI is InChI=1S/C13H12Br2N2O/c1-8-3-4-11(10(15)5-8)16-13(18)12-6-9(14)7-17(12)2/h3-7H,1-2H3,(H,16,18). The molecule has 0 unspecified atom stereocenters. The number of hydrogen-bond donors (Lipinski definition) is 1. The molecule has 0 atom stereocenters. The van der Waals surface area contributed by atoms with Crippen LogP contribution in [0.15, 0.2) is 39.4 Å². The fraction of sp³-hybridized carbons (Fsp3) is 0.154. The molecule has 94 valence electrons. The smallest absolute Gasteiger partial charge is 0.272 e. The van der Waals surface area contributed by atoms with Crippen LogP contribution in [0.3, 0.4) is 0 Å². The van der Waals surface area contributed by atoms with Gasteiger partial charge in [0.25, 0.3) is 5.91 Å². The first-order chi connectivity index (χ1) is 8.47. The van der Waals surface area contributed by atoms with E-state index in [0.717, 1.165) is 20.2 Å². The van der Waals surface area contributed by atoms with Crippen molar-refractivity contribution in [3.63, 3.8) is 0 Å². The molecule has 0 aliphatic carbocycles. The number of halogens is 2. The van der Waals surface area contributed by atoms with Crippen LogP contribution in [0.2, 0.25) is 0 Å². The number of nitrogens with one attached hydrogen (secondary N) is 1. The number of rotatable bonds is 2. The summed E-state index contributed by atoms with van der Waals surface area (Å²) in [5.41, 5.74) is 2.51. The first-order valence-electron chi connectivity index (χ1n) is 5.37. The second-order valence-corrected chi connectivity index (χ2v) is 5.86. The first-order valence-corrected chi connectivity index (χ1v) is 6.95. The highest BCUT2D eigenvalue weighted by atomic mass is 79.9. The van der Waals surface area contributed by atoms with Gasteiger partial charge in [0.05, 0.1) is 5.69 Å². The zero-order valence-electron chi connectivity index (χ0n) is 10.00. The van der Waals surface area contributed by atoms with Gasteiger partial charge in [-0.2, -0.15) is 0 Å². The molecule has 0 saturated heterocycles. The molecule has 0 aliphatic heterocycles. The van der Waals surface area contributed by atoms with E-state index >= 15 is 0 Å². The Balaban J connectivity index is 2.24. The minimum absolute atomic E-state index is 0.132. The van der Waals surface area contributed by atoms with Crippen LogP contribution in [0.5, 0.6) is 0 Å². The Kier molecular flexibility index (Phi) is 3.92. The van der Waals surface area contributed by atoms with Crippen molar-refractivity contribution in [3.8, 4) is 0 Å². The van der Waals surface area contributed by atoms with Gasteiger partial charge in [0.2, 0.25) is 0 Å². The van der Waals surface area contributed by atoms with Crippen LogP contribution in [-0.2, 0) is 7.05 Å². The lowest BCUT2D eigenvalue weighted by Crippen LogP contribution is -2.15. The topological polar surface area (TPSA) is 34.0 Å². The summed E-state index contributed by atoms with van der Waals surface area (Å²) in [4.78, 5) is 12.1. The van der Waals surface area contributed by atoms with Crippen molar-refractivity contribution in [2.24, 2.45) is 7.05 Å². The molecule has 1 aromatic carbocycles. The molecule has 18 heavy (non-hydrogen) atoms. The Hall–Kier alpha value is -1.07. The molecule has 0 radical (unpaired) electrons. The Morgan fingerprint density at radius 3 is 2.56 bits per heavy atom. The van der Waals surface area contributed by atoms with E-state index in [1.54, 1.807) is 10.6 Å². The van der Waals surface area contributed by atoms with Gasteiger partial charge in [0.1, 0.15) is 5.69 Å². The molecule has 0 aliphatic rings. The van der Waals surface area contributed by atoms with Crippen molar-refractivity contribution in [1.82, 2.24) is 4.57 Å². The molecule has 0 saturated carbocycles.